The van der Waals surface area contributed by atoms with Gasteiger partial charge in [0.05, 0.1) is 0 Å². The van der Waals surface area contributed by atoms with Gasteiger partial charge in [-0.05, 0) is 6.07 Å². The molecule has 2 nitrogen and oxygen atoms in total. The van der Waals surface area contributed by atoms with Crippen LogP contribution in [0.25, 0.3) is 0 Å². The van der Waals surface area contributed by atoms with E-state index in [0.717, 1.165) is 17.0 Å². The Kier molecular flexibility index (Phi) is 7.88. The summed E-state index contributed by atoms with van der Waals surface area (Å²) in [5.74, 6) is -2.05. The number of nitrogens with zero attached hydrogens (tertiary/aromatic N) is 1. The normalized spacial score (nSPS) is 17.6. The van der Waals surface area contributed by atoms with E-state index in [1.807, 2.05) is 0 Å². The SMILES string of the molecule is Cl.Cl.Fc1ccc([C@H](N2CCNCC2)C(F)(F)F)c(F)c1. The summed E-state index contributed by atoms with van der Waals surface area (Å²) in [5, 5.41) is 2.93. The molecular formula is C12H15Cl2F5N2. The van der Waals surface area contributed by atoms with E-state index in [2.05, 4.69) is 5.32 Å². The highest BCUT2D eigenvalue weighted by Gasteiger charge is 2.46. The van der Waals surface area contributed by atoms with Crippen LogP contribution in [0.3, 0.4) is 0 Å². The molecule has 122 valence electrons. The summed E-state index contributed by atoms with van der Waals surface area (Å²) in [7, 11) is 0. The van der Waals surface area contributed by atoms with Crippen molar-refractivity contribution >= 4 is 24.8 Å². The quantitative estimate of drug-likeness (QED) is 0.821. The lowest BCUT2D eigenvalue weighted by Crippen LogP contribution is -2.49. The van der Waals surface area contributed by atoms with Gasteiger partial charge in [0.2, 0.25) is 0 Å². The second kappa shape index (κ2) is 8.12. The van der Waals surface area contributed by atoms with Crippen LogP contribution in [0, 0.1) is 11.6 Å². The Morgan fingerprint density at radius 2 is 1.62 bits per heavy atom. The Hall–Kier alpha value is -0.630. The molecule has 9 heteroatoms. The predicted octanol–water partition coefficient (Wildman–Crippen LogP) is 3.32. The summed E-state index contributed by atoms with van der Waals surface area (Å²) in [6.45, 7) is 1.16. The maximum atomic E-state index is 13.6. The molecule has 1 fully saturated rings. The van der Waals surface area contributed by atoms with E-state index >= 15 is 0 Å². The second-order valence-electron chi connectivity index (χ2n) is 4.40. The van der Waals surface area contributed by atoms with Crippen LogP contribution in [-0.4, -0.2) is 37.3 Å². The monoisotopic (exact) mass is 352 g/mol. The summed E-state index contributed by atoms with van der Waals surface area (Å²) >= 11 is 0. The molecule has 1 aliphatic rings. The fourth-order valence-corrected chi connectivity index (χ4v) is 2.24. The first-order valence-electron chi connectivity index (χ1n) is 5.86. The summed E-state index contributed by atoms with van der Waals surface area (Å²) < 4.78 is 65.9. The Morgan fingerprint density at radius 1 is 1.05 bits per heavy atom. The summed E-state index contributed by atoms with van der Waals surface area (Å²) in [5.41, 5.74) is -0.532. The zero-order valence-electron chi connectivity index (χ0n) is 10.8. The molecule has 1 atom stereocenters. The highest BCUT2D eigenvalue weighted by molar-refractivity contribution is 5.85. The molecule has 1 heterocycles. The molecule has 1 saturated heterocycles. The van der Waals surface area contributed by atoms with Gasteiger partial charge in [-0.1, -0.05) is 6.07 Å². The average molecular weight is 353 g/mol. The number of hydrogen-bond acceptors (Lipinski definition) is 2. The number of benzene rings is 1. The van der Waals surface area contributed by atoms with Crippen molar-refractivity contribution in [3.63, 3.8) is 0 Å². The minimum atomic E-state index is -4.60. The van der Waals surface area contributed by atoms with Gasteiger partial charge in [-0.2, -0.15) is 13.2 Å². The molecule has 1 aromatic carbocycles. The van der Waals surface area contributed by atoms with Crippen molar-refractivity contribution in [2.24, 2.45) is 0 Å². The number of halogens is 7. The lowest BCUT2D eigenvalue weighted by atomic mass is 10.0. The molecule has 2 rings (SSSR count). The first-order valence-corrected chi connectivity index (χ1v) is 5.86. The smallest absolute Gasteiger partial charge is 0.314 e. The van der Waals surface area contributed by atoms with Crippen LogP contribution in [0.2, 0.25) is 0 Å². The lowest BCUT2D eigenvalue weighted by molar-refractivity contribution is -0.188. The van der Waals surface area contributed by atoms with Gasteiger partial charge in [0.1, 0.15) is 17.7 Å². The number of nitrogens with one attached hydrogen (secondary N) is 1. The Labute approximate surface area is 131 Å². The predicted molar refractivity (Wildman–Crippen MR) is 74.1 cm³/mol. The number of alkyl halides is 3. The van der Waals surface area contributed by atoms with Crippen molar-refractivity contribution in [1.82, 2.24) is 10.2 Å². The third-order valence-electron chi connectivity index (χ3n) is 3.08. The van der Waals surface area contributed by atoms with Gasteiger partial charge in [-0.15, -0.1) is 24.8 Å². The van der Waals surface area contributed by atoms with Crippen molar-refractivity contribution < 1.29 is 22.0 Å². The van der Waals surface area contributed by atoms with E-state index in [-0.39, 0.29) is 37.9 Å². The zero-order chi connectivity index (χ0) is 14.0. The summed E-state index contributed by atoms with van der Waals surface area (Å²) in [6, 6.07) is 0.163. The molecule has 0 aliphatic carbocycles. The Balaban J connectivity index is 0.00000200. The first-order chi connectivity index (χ1) is 8.89. The average Bonchev–Trinajstić information content (AvgIpc) is 2.32. The standard InChI is InChI=1S/C12H13F5N2.2ClH/c13-8-1-2-9(10(14)7-8)11(12(15,16)17)19-5-3-18-4-6-19;;/h1-2,7,11,18H,3-6H2;2*1H/t11-;;/m0../s1. The van der Waals surface area contributed by atoms with Crippen LogP contribution in [0.4, 0.5) is 22.0 Å². The minimum Gasteiger partial charge on any atom is -0.314 e. The van der Waals surface area contributed by atoms with Gasteiger partial charge in [-0.3, -0.25) is 4.90 Å². The van der Waals surface area contributed by atoms with Crippen molar-refractivity contribution in [3.8, 4) is 0 Å². The Morgan fingerprint density at radius 3 is 2.10 bits per heavy atom. The molecule has 0 amide bonds. The maximum Gasteiger partial charge on any atom is 0.408 e. The van der Waals surface area contributed by atoms with E-state index in [0.29, 0.717) is 19.2 Å². The third-order valence-corrected chi connectivity index (χ3v) is 3.08. The van der Waals surface area contributed by atoms with Gasteiger partial charge in [0.25, 0.3) is 0 Å². The van der Waals surface area contributed by atoms with Crippen molar-refractivity contribution in [2.45, 2.75) is 12.2 Å². The molecule has 1 aromatic rings. The molecule has 0 bridgehead atoms. The Bertz CT molecular complexity index is 450. The molecule has 0 spiro atoms. The highest BCUT2D eigenvalue weighted by Crippen LogP contribution is 2.38. The van der Waals surface area contributed by atoms with Crippen molar-refractivity contribution in [3.05, 3.63) is 35.4 Å². The van der Waals surface area contributed by atoms with Crippen molar-refractivity contribution in [2.75, 3.05) is 26.2 Å². The second-order valence-corrected chi connectivity index (χ2v) is 4.40. The number of hydrogen-bond donors (Lipinski definition) is 1. The van der Waals surface area contributed by atoms with Gasteiger partial charge in [0, 0.05) is 37.8 Å². The summed E-state index contributed by atoms with van der Waals surface area (Å²) in [4.78, 5) is 1.16. The number of piperazine rings is 1. The maximum absolute atomic E-state index is 13.6. The van der Waals surface area contributed by atoms with Crippen LogP contribution < -0.4 is 5.32 Å². The molecule has 21 heavy (non-hydrogen) atoms. The fourth-order valence-electron chi connectivity index (χ4n) is 2.24. The topological polar surface area (TPSA) is 15.3 Å². The number of rotatable bonds is 2. The lowest BCUT2D eigenvalue weighted by Gasteiger charge is -2.36. The first kappa shape index (κ1) is 20.4. The van der Waals surface area contributed by atoms with Gasteiger partial charge in [-0.25, -0.2) is 8.78 Å². The van der Waals surface area contributed by atoms with Crippen molar-refractivity contribution in [1.29, 1.82) is 0 Å². The minimum absolute atomic E-state index is 0. The fraction of sp³-hybridized carbons (Fsp3) is 0.500. The van der Waals surface area contributed by atoms with E-state index in [1.165, 1.54) is 0 Å². The van der Waals surface area contributed by atoms with E-state index in [9.17, 15) is 22.0 Å². The van der Waals surface area contributed by atoms with Crippen LogP contribution in [-0.2, 0) is 0 Å². The molecule has 1 N–H and O–H groups in total. The molecule has 0 aromatic heterocycles. The zero-order valence-corrected chi connectivity index (χ0v) is 12.4. The van der Waals surface area contributed by atoms with Gasteiger partial charge in [0.15, 0.2) is 0 Å². The third kappa shape index (κ3) is 4.95. The molecule has 1 aliphatic heterocycles. The van der Waals surface area contributed by atoms with Crippen LogP contribution in [0.5, 0.6) is 0 Å². The summed E-state index contributed by atoms with van der Waals surface area (Å²) in [6.07, 6.45) is -4.60. The van der Waals surface area contributed by atoms with E-state index < -0.39 is 29.4 Å². The van der Waals surface area contributed by atoms with Crippen LogP contribution >= 0.6 is 24.8 Å². The largest absolute Gasteiger partial charge is 0.408 e. The van der Waals surface area contributed by atoms with Crippen LogP contribution in [0.1, 0.15) is 11.6 Å². The highest BCUT2D eigenvalue weighted by atomic mass is 35.5. The van der Waals surface area contributed by atoms with Gasteiger partial charge >= 0.3 is 6.18 Å². The van der Waals surface area contributed by atoms with E-state index in [4.69, 9.17) is 0 Å². The van der Waals surface area contributed by atoms with Crippen LogP contribution in [0.15, 0.2) is 18.2 Å². The molecular weight excluding hydrogens is 338 g/mol. The van der Waals surface area contributed by atoms with Gasteiger partial charge < -0.3 is 5.32 Å². The molecule has 0 unspecified atom stereocenters. The van der Waals surface area contributed by atoms with E-state index in [1.54, 1.807) is 0 Å². The molecule has 0 radical (unpaired) electrons. The molecule has 0 saturated carbocycles.